The van der Waals surface area contributed by atoms with Gasteiger partial charge in [-0.05, 0) is 41.3 Å². The van der Waals surface area contributed by atoms with Crippen molar-refractivity contribution in [1.82, 2.24) is 0 Å². The van der Waals surface area contributed by atoms with Gasteiger partial charge in [0.2, 0.25) is 0 Å². The quantitative estimate of drug-likeness (QED) is 0.648. The Morgan fingerprint density at radius 2 is 1.77 bits per heavy atom. The van der Waals surface area contributed by atoms with E-state index >= 15 is 0 Å². The summed E-state index contributed by atoms with van der Waals surface area (Å²) in [6.45, 7) is 11.4. The van der Waals surface area contributed by atoms with Crippen LogP contribution in [-0.2, 0) is 12.0 Å². The van der Waals surface area contributed by atoms with Crippen molar-refractivity contribution in [3.05, 3.63) is 40.8 Å². The first kappa shape index (κ1) is 17.9. The number of benzene rings is 1. The van der Waals surface area contributed by atoms with E-state index in [-0.39, 0.29) is 12.0 Å². The average molecular weight is 353 g/mol. The Kier molecular flexibility index (Phi) is 6.06. The number of thiophene rings is 1. The predicted molar refractivity (Wildman–Crippen MR) is 100 cm³/mol. The Hall–Kier alpha value is -0.420. The van der Waals surface area contributed by atoms with E-state index in [1.165, 1.54) is 19.6 Å². The summed E-state index contributed by atoms with van der Waals surface area (Å²) in [5, 5.41) is 9.79. The molecule has 0 unspecified atom stereocenters. The first-order chi connectivity index (χ1) is 10.3. The molecule has 0 amide bonds. The molecule has 0 saturated carbocycles. The average Bonchev–Trinajstić information content (AvgIpc) is 2.84. The Morgan fingerprint density at radius 3 is 2.32 bits per heavy atom. The van der Waals surface area contributed by atoms with Crippen molar-refractivity contribution in [1.29, 1.82) is 0 Å². The zero-order chi connectivity index (χ0) is 16.3. The molecule has 0 aliphatic carbocycles. The van der Waals surface area contributed by atoms with Gasteiger partial charge in [-0.15, -0.1) is 23.1 Å². The van der Waals surface area contributed by atoms with E-state index < -0.39 is 0 Å². The fraction of sp³-hybridized carbons (Fsp3) is 0.444. The van der Waals surface area contributed by atoms with Crippen LogP contribution in [0.15, 0.2) is 44.3 Å². The van der Waals surface area contributed by atoms with Crippen LogP contribution in [0.5, 0.6) is 0 Å². The summed E-state index contributed by atoms with van der Waals surface area (Å²) in [5.74, 6) is 0. The molecule has 2 aromatic rings. The molecule has 1 aromatic heterocycles. The Labute approximate surface area is 146 Å². The van der Waals surface area contributed by atoms with E-state index in [9.17, 15) is 5.11 Å². The summed E-state index contributed by atoms with van der Waals surface area (Å²) in [5.41, 5.74) is 1.52. The number of hydrogen-bond donors (Lipinski definition) is 1. The molecule has 0 aliphatic rings. The van der Waals surface area contributed by atoms with Crippen molar-refractivity contribution in [2.75, 3.05) is 0 Å². The topological polar surface area (TPSA) is 20.2 Å². The van der Waals surface area contributed by atoms with Gasteiger partial charge in [0.1, 0.15) is 0 Å². The molecule has 0 atom stereocenters. The molecular weight excluding hydrogens is 328 g/mol. The SMILES string of the molecule is CC(C)Sc1cc(Sc2ccc(CO)s2)cc(C(C)(C)C)c1. The third-order valence-electron chi connectivity index (χ3n) is 3.13. The van der Waals surface area contributed by atoms with Gasteiger partial charge in [-0.25, -0.2) is 0 Å². The highest BCUT2D eigenvalue weighted by atomic mass is 32.2. The van der Waals surface area contributed by atoms with Gasteiger partial charge >= 0.3 is 0 Å². The second-order valence-corrected chi connectivity index (χ2v) is 10.8. The first-order valence-corrected chi connectivity index (χ1v) is 9.99. The molecular formula is C18H24OS3. The summed E-state index contributed by atoms with van der Waals surface area (Å²) in [4.78, 5) is 3.64. The number of rotatable bonds is 5. The van der Waals surface area contributed by atoms with E-state index in [0.29, 0.717) is 5.25 Å². The maximum Gasteiger partial charge on any atom is 0.0774 e. The Balaban J connectivity index is 2.32. The fourth-order valence-electron chi connectivity index (χ4n) is 2.02. The van der Waals surface area contributed by atoms with Gasteiger partial charge < -0.3 is 5.11 Å². The molecule has 120 valence electrons. The van der Waals surface area contributed by atoms with Crippen molar-refractivity contribution < 1.29 is 5.11 Å². The molecule has 0 fully saturated rings. The summed E-state index contributed by atoms with van der Waals surface area (Å²) in [6, 6.07) is 11.0. The van der Waals surface area contributed by atoms with E-state index in [2.05, 4.69) is 58.9 Å². The lowest BCUT2D eigenvalue weighted by Gasteiger charge is -2.21. The van der Waals surface area contributed by atoms with Crippen LogP contribution in [0, 0.1) is 0 Å². The van der Waals surface area contributed by atoms with Crippen LogP contribution < -0.4 is 0 Å². The van der Waals surface area contributed by atoms with Gasteiger partial charge in [0.15, 0.2) is 0 Å². The molecule has 0 spiro atoms. The van der Waals surface area contributed by atoms with Gasteiger partial charge in [-0.2, -0.15) is 0 Å². The minimum absolute atomic E-state index is 0.127. The monoisotopic (exact) mass is 352 g/mol. The van der Waals surface area contributed by atoms with Gasteiger partial charge in [0, 0.05) is 19.9 Å². The van der Waals surface area contributed by atoms with Crippen LogP contribution in [0.4, 0.5) is 0 Å². The minimum atomic E-state index is 0.127. The molecule has 0 radical (unpaired) electrons. The van der Waals surface area contributed by atoms with E-state index in [0.717, 1.165) is 4.88 Å². The van der Waals surface area contributed by atoms with Crippen molar-refractivity contribution in [2.45, 2.75) is 65.9 Å². The molecule has 1 heterocycles. The molecule has 0 aliphatic heterocycles. The molecule has 1 nitrogen and oxygen atoms in total. The lowest BCUT2D eigenvalue weighted by atomic mass is 9.87. The molecule has 2 rings (SSSR count). The van der Waals surface area contributed by atoms with Crippen molar-refractivity contribution in [2.24, 2.45) is 0 Å². The maximum atomic E-state index is 9.21. The molecule has 0 saturated heterocycles. The van der Waals surface area contributed by atoms with Crippen molar-refractivity contribution in [3.63, 3.8) is 0 Å². The van der Waals surface area contributed by atoms with E-state index in [1.807, 2.05) is 17.8 Å². The molecule has 4 heteroatoms. The standard InChI is InChI=1S/C18H24OS3/c1-12(2)20-15-8-13(18(3,4)5)9-16(10-15)22-17-7-6-14(11-19)21-17/h6-10,12,19H,11H2,1-5H3. The molecule has 0 bridgehead atoms. The Morgan fingerprint density at radius 1 is 1.09 bits per heavy atom. The Bertz CT molecular complexity index is 624. The van der Waals surface area contributed by atoms with Crippen molar-refractivity contribution >= 4 is 34.9 Å². The lowest BCUT2D eigenvalue weighted by Crippen LogP contribution is -2.11. The van der Waals surface area contributed by atoms with Crippen LogP contribution in [0.2, 0.25) is 0 Å². The normalized spacial score (nSPS) is 12.1. The molecule has 1 aromatic carbocycles. The van der Waals surface area contributed by atoms with Gasteiger partial charge in [0.25, 0.3) is 0 Å². The zero-order valence-electron chi connectivity index (χ0n) is 13.8. The van der Waals surface area contributed by atoms with Crippen LogP contribution >= 0.6 is 34.9 Å². The summed E-state index contributed by atoms with van der Waals surface area (Å²) < 4.78 is 1.23. The number of aliphatic hydroxyl groups is 1. The van der Waals surface area contributed by atoms with Crippen LogP contribution in [0.3, 0.4) is 0 Å². The third-order valence-corrected chi connectivity index (χ3v) is 6.28. The smallest absolute Gasteiger partial charge is 0.0774 e. The predicted octanol–water partition coefficient (Wildman–Crippen LogP) is 6.19. The molecule has 22 heavy (non-hydrogen) atoms. The largest absolute Gasteiger partial charge is 0.391 e. The van der Waals surface area contributed by atoms with Crippen LogP contribution in [0.1, 0.15) is 45.1 Å². The van der Waals surface area contributed by atoms with Gasteiger partial charge in [-0.1, -0.05) is 46.4 Å². The number of aliphatic hydroxyl groups excluding tert-OH is 1. The fourth-order valence-corrected chi connectivity index (χ4v) is 5.14. The van der Waals surface area contributed by atoms with E-state index in [1.54, 1.807) is 23.1 Å². The molecule has 1 N–H and O–H groups in total. The van der Waals surface area contributed by atoms with Crippen molar-refractivity contribution in [3.8, 4) is 0 Å². The highest BCUT2D eigenvalue weighted by Gasteiger charge is 2.16. The van der Waals surface area contributed by atoms with Crippen LogP contribution in [-0.4, -0.2) is 10.4 Å². The van der Waals surface area contributed by atoms with Gasteiger partial charge in [-0.3, -0.25) is 0 Å². The van der Waals surface area contributed by atoms with Gasteiger partial charge in [0.05, 0.1) is 10.8 Å². The lowest BCUT2D eigenvalue weighted by molar-refractivity contribution is 0.285. The van der Waals surface area contributed by atoms with E-state index in [4.69, 9.17) is 0 Å². The number of thioether (sulfide) groups is 1. The first-order valence-electron chi connectivity index (χ1n) is 7.47. The van der Waals surface area contributed by atoms with Crippen LogP contribution in [0.25, 0.3) is 0 Å². The number of hydrogen-bond acceptors (Lipinski definition) is 4. The summed E-state index contributed by atoms with van der Waals surface area (Å²) >= 11 is 5.37. The maximum absolute atomic E-state index is 9.21. The summed E-state index contributed by atoms with van der Waals surface area (Å²) in [6.07, 6.45) is 0. The second-order valence-electron chi connectivity index (χ2n) is 6.59. The highest BCUT2D eigenvalue weighted by Crippen LogP contribution is 2.38. The zero-order valence-corrected chi connectivity index (χ0v) is 16.3. The summed E-state index contributed by atoms with van der Waals surface area (Å²) in [7, 11) is 0. The third kappa shape index (κ3) is 5.05. The highest BCUT2D eigenvalue weighted by molar-refractivity contribution is 8.01. The minimum Gasteiger partial charge on any atom is -0.391 e. The second kappa shape index (κ2) is 7.43.